The molecule has 0 atom stereocenters. The van der Waals surface area contributed by atoms with Gasteiger partial charge >= 0.3 is 0 Å². The van der Waals surface area contributed by atoms with Crippen molar-refractivity contribution in [3.8, 4) is 17.0 Å². The van der Waals surface area contributed by atoms with Crippen LogP contribution in [-0.4, -0.2) is 10.7 Å². The van der Waals surface area contributed by atoms with E-state index in [9.17, 15) is 4.79 Å². The van der Waals surface area contributed by atoms with Crippen molar-refractivity contribution in [1.82, 2.24) is 4.57 Å². The Kier molecular flexibility index (Phi) is 4.25. The molecular formula is C16H20N2O2. The molecule has 1 aromatic heterocycles. The summed E-state index contributed by atoms with van der Waals surface area (Å²) in [5.41, 5.74) is 7.96. The molecule has 1 aromatic carbocycles. The highest BCUT2D eigenvalue weighted by Gasteiger charge is 2.07. The van der Waals surface area contributed by atoms with Gasteiger partial charge in [0.2, 0.25) is 0 Å². The van der Waals surface area contributed by atoms with Gasteiger partial charge in [0.05, 0.1) is 11.8 Å². The largest absolute Gasteiger partial charge is 0.491 e. The zero-order chi connectivity index (χ0) is 14.7. The van der Waals surface area contributed by atoms with Crippen LogP contribution in [-0.2, 0) is 13.6 Å². The minimum Gasteiger partial charge on any atom is -0.491 e. The Morgan fingerprint density at radius 2 is 1.80 bits per heavy atom. The number of hydrogen-bond donors (Lipinski definition) is 1. The van der Waals surface area contributed by atoms with Crippen LogP contribution in [0.15, 0.2) is 41.2 Å². The van der Waals surface area contributed by atoms with Gasteiger partial charge in [0.15, 0.2) is 0 Å². The third-order valence-electron chi connectivity index (χ3n) is 3.12. The molecule has 0 aliphatic heterocycles. The van der Waals surface area contributed by atoms with Crippen molar-refractivity contribution in [2.24, 2.45) is 12.8 Å². The first-order valence-corrected chi connectivity index (χ1v) is 6.69. The Morgan fingerprint density at radius 1 is 1.15 bits per heavy atom. The molecule has 0 fully saturated rings. The summed E-state index contributed by atoms with van der Waals surface area (Å²) in [6, 6.07) is 11.4. The van der Waals surface area contributed by atoms with Crippen LogP contribution in [0.5, 0.6) is 5.75 Å². The van der Waals surface area contributed by atoms with Gasteiger partial charge in [0, 0.05) is 19.2 Å². The highest BCUT2D eigenvalue weighted by atomic mass is 16.5. The fourth-order valence-electron chi connectivity index (χ4n) is 2.11. The third kappa shape index (κ3) is 2.91. The van der Waals surface area contributed by atoms with Crippen LogP contribution in [0.2, 0.25) is 0 Å². The van der Waals surface area contributed by atoms with Crippen LogP contribution in [0, 0.1) is 0 Å². The van der Waals surface area contributed by atoms with Gasteiger partial charge in [-0.05, 0) is 49.7 Å². The zero-order valence-corrected chi connectivity index (χ0v) is 12.1. The van der Waals surface area contributed by atoms with E-state index in [-0.39, 0.29) is 18.2 Å². The second kappa shape index (κ2) is 5.92. The molecule has 0 bridgehead atoms. The van der Waals surface area contributed by atoms with Gasteiger partial charge < -0.3 is 15.0 Å². The average molecular weight is 272 g/mol. The Labute approximate surface area is 118 Å². The highest BCUT2D eigenvalue weighted by Crippen LogP contribution is 2.22. The maximum Gasteiger partial charge on any atom is 0.255 e. The quantitative estimate of drug-likeness (QED) is 0.929. The summed E-state index contributed by atoms with van der Waals surface area (Å²) >= 11 is 0. The number of nitrogens with two attached hydrogens (primary N) is 1. The molecule has 0 saturated heterocycles. The van der Waals surface area contributed by atoms with Crippen molar-refractivity contribution in [3.63, 3.8) is 0 Å². The molecule has 0 aliphatic rings. The Balaban J connectivity index is 2.37. The number of benzene rings is 1. The molecular weight excluding hydrogens is 252 g/mol. The molecule has 106 valence electrons. The van der Waals surface area contributed by atoms with E-state index in [2.05, 4.69) is 0 Å². The number of hydrogen-bond acceptors (Lipinski definition) is 3. The molecule has 2 rings (SSSR count). The molecule has 2 aromatic rings. The summed E-state index contributed by atoms with van der Waals surface area (Å²) in [5.74, 6) is 0.826. The van der Waals surface area contributed by atoms with Crippen molar-refractivity contribution >= 4 is 0 Å². The summed E-state index contributed by atoms with van der Waals surface area (Å²) in [6.45, 7) is 4.24. The number of ether oxygens (including phenoxy) is 1. The van der Waals surface area contributed by atoms with E-state index < -0.39 is 0 Å². The number of aromatic nitrogens is 1. The fourth-order valence-corrected chi connectivity index (χ4v) is 2.11. The maximum atomic E-state index is 12.1. The third-order valence-corrected chi connectivity index (χ3v) is 3.12. The Hall–Kier alpha value is -2.07. The standard InChI is InChI=1S/C16H20N2O2/c1-11(2)20-14-7-4-12(5-8-14)15-9-6-13(10-17)16(19)18(15)3/h4-9,11H,10,17H2,1-3H3. The van der Waals surface area contributed by atoms with E-state index in [1.165, 1.54) is 0 Å². The summed E-state index contributed by atoms with van der Waals surface area (Å²) < 4.78 is 7.24. The van der Waals surface area contributed by atoms with E-state index in [4.69, 9.17) is 10.5 Å². The second-order valence-corrected chi connectivity index (χ2v) is 5.00. The lowest BCUT2D eigenvalue weighted by Gasteiger charge is -2.12. The lowest BCUT2D eigenvalue weighted by atomic mass is 10.1. The Morgan fingerprint density at radius 3 is 2.35 bits per heavy atom. The van der Waals surface area contributed by atoms with Gasteiger partial charge in [-0.3, -0.25) is 4.79 Å². The van der Waals surface area contributed by atoms with Crippen molar-refractivity contribution < 1.29 is 4.74 Å². The molecule has 4 nitrogen and oxygen atoms in total. The van der Waals surface area contributed by atoms with E-state index in [0.717, 1.165) is 17.0 Å². The Bertz CT molecular complexity index is 643. The fraction of sp³-hybridized carbons (Fsp3) is 0.312. The molecule has 0 spiro atoms. The first-order valence-electron chi connectivity index (χ1n) is 6.69. The molecule has 0 aliphatic carbocycles. The van der Waals surface area contributed by atoms with Crippen molar-refractivity contribution in [1.29, 1.82) is 0 Å². The molecule has 0 saturated carbocycles. The average Bonchev–Trinajstić information content (AvgIpc) is 2.42. The molecule has 1 heterocycles. The second-order valence-electron chi connectivity index (χ2n) is 5.00. The summed E-state index contributed by atoms with van der Waals surface area (Å²) in [7, 11) is 1.76. The van der Waals surface area contributed by atoms with Gasteiger partial charge in [-0.2, -0.15) is 0 Å². The molecule has 0 unspecified atom stereocenters. The maximum absolute atomic E-state index is 12.1. The minimum absolute atomic E-state index is 0.0486. The van der Waals surface area contributed by atoms with Crippen LogP contribution in [0.4, 0.5) is 0 Å². The molecule has 0 amide bonds. The number of nitrogens with zero attached hydrogens (tertiary/aromatic N) is 1. The van der Waals surface area contributed by atoms with Gasteiger partial charge in [-0.15, -0.1) is 0 Å². The predicted molar refractivity (Wildman–Crippen MR) is 80.8 cm³/mol. The lowest BCUT2D eigenvalue weighted by Crippen LogP contribution is -2.23. The van der Waals surface area contributed by atoms with E-state index in [0.29, 0.717) is 5.56 Å². The zero-order valence-electron chi connectivity index (χ0n) is 12.1. The van der Waals surface area contributed by atoms with Gasteiger partial charge in [-0.25, -0.2) is 0 Å². The molecule has 4 heteroatoms. The summed E-state index contributed by atoms with van der Waals surface area (Å²) in [6.07, 6.45) is 0.147. The molecule has 0 radical (unpaired) electrons. The van der Waals surface area contributed by atoms with Gasteiger partial charge in [0.25, 0.3) is 5.56 Å². The lowest BCUT2D eigenvalue weighted by molar-refractivity contribution is 0.242. The highest BCUT2D eigenvalue weighted by molar-refractivity contribution is 5.60. The minimum atomic E-state index is -0.0486. The number of rotatable bonds is 4. The van der Waals surface area contributed by atoms with Crippen LogP contribution >= 0.6 is 0 Å². The van der Waals surface area contributed by atoms with Crippen molar-refractivity contribution in [2.45, 2.75) is 26.5 Å². The van der Waals surface area contributed by atoms with Gasteiger partial charge in [-0.1, -0.05) is 6.07 Å². The van der Waals surface area contributed by atoms with Crippen LogP contribution in [0.3, 0.4) is 0 Å². The summed E-state index contributed by atoms with van der Waals surface area (Å²) in [4.78, 5) is 12.1. The first kappa shape index (κ1) is 14.3. The van der Waals surface area contributed by atoms with Crippen LogP contribution in [0.1, 0.15) is 19.4 Å². The van der Waals surface area contributed by atoms with E-state index in [1.54, 1.807) is 17.7 Å². The smallest absolute Gasteiger partial charge is 0.255 e. The SMILES string of the molecule is CC(C)Oc1ccc(-c2ccc(CN)c(=O)n2C)cc1. The summed E-state index contributed by atoms with van der Waals surface area (Å²) in [5, 5.41) is 0. The first-order chi connectivity index (χ1) is 9.52. The van der Waals surface area contributed by atoms with Crippen molar-refractivity contribution in [3.05, 3.63) is 52.3 Å². The van der Waals surface area contributed by atoms with Crippen LogP contribution in [0.25, 0.3) is 11.3 Å². The van der Waals surface area contributed by atoms with Gasteiger partial charge in [0.1, 0.15) is 5.75 Å². The van der Waals surface area contributed by atoms with Crippen LogP contribution < -0.4 is 16.0 Å². The van der Waals surface area contributed by atoms with Crippen molar-refractivity contribution in [2.75, 3.05) is 0 Å². The number of pyridine rings is 1. The monoisotopic (exact) mass is 272 g/mol. The predicted octanol–water partition coefficient (Wildman–Crippen LogP) is 2.30. The molecule has 2 N–H and O–H groups in total. The van der Waals surface area contributed by atoms with E-state index in [1.807, 2.05) is 44.2 Å². The van der Waals surface area contributed by atoms with E-state index >= 15 is 0 Å². The topological polar surface area (TPSA) is 57.2 Å². The molecule has 20 heavy (non-hydrogen) atoms. The normalized spacial score (nSPS) is 10.8.